The van der Waals surface area contributed by atoms with Gasteiger partial charge in [0.25, 0.3) is 0 Å². The summed E-state index contributed by atoms with van der Waals surface area (Å²) in [6, 6.07) is 0. The number of hydrogen-bond acceptors (Lipinski definition) is 0. The van der Waals surface area contributed by atoms with Crippen molar-refractivity contribution in [3.05, 3.63) is 0 Å². The Labute approximate surface area is 133 Å². The zero-order chi connectivity index (χ0) is 13.7. The van der Waals surface area contributed by atoms with E-state index >= 15 is 0 Å². The van der Waals surface area contributed by atoms with Crippen molar-refractivity contribution >= 4 is 11.6 Å². The second kappa shape index (κ2) is 14.9. The molecule has 0 spiro atoms. The molecular formula is C16H35Cl2N. The van der Waals surface area contributed by atoms with Gasteiger partial charge in [0, 0.05) is 0 Å². The molecule has 1 nitrogen and oxygen atoms in total. The van der Waals surface area contributed by atoms with Crippen molar-refractivity contribution in [2.24, 2.45) is 0 Å². The lowest BCUT2D eigenvalue weighted by Crippen LogP contribution is -3.00. The Morgan fingerprint density at radius 3 is 1.53 bits per heavy atom. The topological polar surface area (TPSA) is 0 Å². The SMILES string of the molecule is CCCCCC[N+](CCCl)(CCCC)CCCC.[Cl-]. The third-order valence-electron chi connectivity index (χ3n) is 4.02. The van der Waals surface area contributed by atoms with Gasteiger partial charge in [-0.3, -0.25) is 0 Å². The average Bonchev–Trinajstić information content (AvgIpc) is 2.39. The number of nitrogens with zero attached hydrogens (tertiary/aromatic N) is 1. The van der Waals surface area contributed by atoms with Gasteiger partial charge in [0.1, 0.15) is 0 Å². The van der Waals surface area contributed by atoms with E-state index in [1.54, 1.807) is 0 Å². The highest BCUT2D eigenvalue weighted by atomic mass is 35.5. The Morgan fingerprint density at radius 1 is 0.632 bits per heavy atom. The molecule has 0 radical (unpaired) electrons. The Bertz CT molecular complexity index is 166. The molecule has 0 amide bonds. The molecule has 0 heterocycles. The van der Waals surface area contributed by atoms with E-state index < -0.39 is 0 Å². The lowest BCUT2D eigenvalue weighted by molar-refractivity contribution is -0.926. The van der Waals surface area contributed by atoms with Crippen LogP contribution in [0.5, 0.6) is 0 Å². The first kappa shape index (κ1) is 21.8. The summed E-state index contributed by atoms with van der Waals surface area (Å²) in [4.78, 5) is 0. The van der Waals surface area contributed by atoms with Gasteiger partial charge in [0.05, 0.1) is 32.1 Å². The number of quaternary nitrogens is 1. The highest BCUT2D eigenvalue weighted by Gasteiger charge is 2.24. The number of halogens is 2. The molecule has 19 heavy (non-hydrogen) atoms. The molecule has 0 N–H and O–H groups in total. The fourth-order valence-corrected chi connectivity index (χ4v) is 3.07. The number of hydrogen-bond donors (Lipinski definition) is 0. The van der Waals surface area contributed by atoms with Gasteiger partial charge in [-0.2, -0.15) is 0 Å². The van der Waals surface area contributed by atoms with Crippen LogP contribution in [0.25, 0.3) is 0 Å². The van der Waals surface area contributed by atoms with E-state index in [1.807, 2.05) is 0 Å². The van der Waals surface area contributed by atoms with Crippen molar-refractivity contribution in [2.75, 3.05) is 32.1 Å². The van der Waals surface area contributed by atoms with Crippen LogP contribution in [0.2, 0.25) is 0 Å². The molecule has 0 saturated heterocycles. The summed E-state index contributed by atoms with van der Waals surface area (Å²) >= 11 is 6.07. The Hall–Kier alpha value is 0.540. The van der Waals surface area contributed by atoms with Gasteiger partial charge in [0.2, 0.25) is 0 Å². The minimum absolute atomic E-state index is 0. The third-order valence-corrected chi connectivity index (χ3v) is 4.19. The molecule has 0 saturated carbocycles. The van der Waals surface area contributed by atoms with Gasteiger partial charge >= 0.3 is 0 Å². The zero-order valence-electron chi connectivity index (χ0n) is 13.4. The van der Waals surface area contributed by atoms with Crippen LogP contribution in [0.1, 0.15) is 72.1 Å². The van der Waals surface area contributed by atoms with Crippen LogP contribution in [0.3, 0.4) is 0 Å². The van der Waals surface area contributed by atoms with E-state index in [4.69, 9.17) is 11.6 Å². The Balaban J connectivity index is 0. The maximum absolute atomic E-state index is 6.07. The third kappa shape index (κ3) is 10.9. The van der Waals surface area contributed by atoms with Gasteiger partial charge in [0.15, 0.2) is 0 Å². The van der Waals surface area contributed by atoms with Crippen molar-refractivity contribution < 1.29 is 16.9 Å². The quantitative estimate of drug-likeness (QED) is 0.278. The second-order valence-corrected chi connectivity index (χ2v) is 6.07. The van der Waals surface area contributed by atoms with Crippen molar-refractivity contribution in [3.8, 4) is 0 Å². The molecule has 0 bridgehead atoms. The first-order valence-corrected chi connectivity index (χ1v) is 8.69. The molecule has 3 heteroatoms. The molecule has 0 aliphatic carbocycles. The van der Waals surface area contributed by atoms with Gasteiger partial charge in [-0.1, -0.05) is 46.5 Å². The molecule has 0 atom stereocenters. The smallest absolute Gasteiger partial charge is 0.0924 e. The lowest BCUT2D eigenvalue weighted by atomic mass is 10.1. The minimum Gasteiger partial charge on any atom is -1.00 e. The Morgan fingerprint density at radius 2 is 1.11 bits per heavy atom. The van der Waals surface area contributed by atoms with Gasteiger partial charge < -0.3 is 16.9 Å². The van der Waals surface area contributed by atoms with E-state index in [2.05, 4.69) is 20.8 Å². The first-order valence-electron chi connectivity index (χ1n) is 8.15. The van der Waals surface area contributed by atoms with Gasteiger partial charge in [-0.05, 0) is 25.7 Å². The van der Waals surface area contributed by atoms with Crippen molar-refractivity contribution in [1.29, 1.82) is 0 Å². The van der Waals surface area contributed by atoms with Crippen LogP contribution in [-0.2, 0) is 0 Å². The largest absolute Gasteiger partial charge is 1.00 e. The van der Waals surface area contributed by atoms with Gasteiger partial charge in [-0.25, -0.2) is 0 Å². The fourth-order valence-electron chi connectivity index (χ4n) is 2.71. The summed E-state index contributed by atoms with van der Waals surface area (Å²) in [5, 5.41) is 0. The molecule has 0 aromatic rings. The fraction of sp³-hybridized carbons (Fsp3) is 1.00. The van der Waals surface area contributed by atoms with E-state index in [0.29, 0.717) is 0 Å². The molecule has 0 aliphatic heterocycles. The predicted molar refractivity (Wildman–Crippen MR) is 84.4 cm³/mol. The normalized spacial score (nSPS) is 11.4. The predicted octanol–water partition coefficient (Wildman–Crippen LogP) is 2.23. The summed E-state index contributed by atoms with van der Waals surface area (Å²) in [5.41, 5.74) is 0. The molecule has 0 fully saturated rings. The molecule has 0 rings (SSSR count). The molecular weight excluding hydrogens is 277 g/mol. The molecule has 0 aliphatic rings. The zero-order valence-corrected chi connectivity index (χ0v) is 14.9. The van der Waals surface area contributed by atoms with E-state index in [0.717, 1.165) is 5.88 Å². The van der Waals surface area contributed by atoms with E-state index in [9.17, 15) is 0 Å². The van der Waals surface area contributed by atoms with Crippen LogP contribution in [0.4, 0.5) is 0 Å². The minimum atomic E-state index is 0. The van der Waals surface area contributed by atoms with Gasteiger partial charge in [-0.15, -0.1) is 11.6 Å². The summed E-state index contributed by atoms with van der Waals surface area (Å²) in [6.45, 7) is 12.1. The summed E-state index contributed by atoms with van der Waals surface area (Å²) in [6.07, 6.45) is 10.8. The summed E-state index contributed by atoms with van der Waals surface area (Å²) in [7, 11) is 0. The Kier molecular flexibility index (Phi) is 17.2. The molecule has 0 aromatic heterocycles. The summed E-state index contributed by atoms with van der Waals surface area (Å²) in [5.74, 6) is 0.821. The number of rotatable bonds is 13. The molecule has 0 unspecified atom stereocenters. The van der Waals surface area contributed by atoms with Crippen molar-refractivity contribution in [1.82, 2.24) is 0 Å². The number of alkyl halides is 1. The highest BCUT2D eigenvalue weighted by molar-refractivity contribution is 6.17. The maximum atomic E-state index is 6.07. The van der Waals surface area contributed by atoms with Crippen LogP contribution < -0.4 is 12.4 Å². The first-order chi connectivity index (χ1) is 8.74. The van der Waals surface area contributed by atoms with Crippen LogP contribution >= 0.6 is 11.6 Å². The average molecular weight is 312 g/mol. The van der Waals surface area contributed by atoms with Crippen molar-refractivity contribution in [2.45, 2.75) is 72.1 Å². The van der Waals surface area contributed by atoms with Crippen LogP contribution in [0, 0.1) is 0 Å². The summed E-state index contributed by atoms with van der Waals surface area (Å²) < 4.78 is 1.29. The maximum Gasteiger partial charge on any atom is 0.0924 e. The lowest BCUT2D eigenvalue weighted by Gasteiger charge is -2.39. The molecule has 0 aromatic carbocycles. The standard InChI is InChI=1S/C16H35ClN.ClH/c1-4-7-10-11-15-18(16-12-17,13-8-5-2)14-9-6-3;/h4-16H2,1-3H3;1H/q+1;/p-1. The second-order valence-electron chi connectivity index (χ2n) is 5.69. The van der Waals surface area contributed by atoms with E-state index in [1.165, 1.54) is 82.0 Å². The highest BCUT2D eigenvalue weighted by Crippen LogP contribution is 2.16. The van der Waals surface area contributed by atoms with Crippen LogP contribution in [0.15, 0.2) is 0 Å². The molecule has 118 valence electrons. The van der Waals surface area contributed by atoms with E-state index in [-0.39, 0.29) is 12.4 Å². The number of unbranched alkanes of at least 4 members (excludes halogenated alkanes) is 5. The van der Waals surface area contributed by atoms with Crippen molar-refractivity contribution in [3.63, 3.8) is 0 Å². The van der Waals surface area contributed by atoms with Crippen LogP contribution in [-0.4, -0.2) is 36.5 Å². The monoisotopic (exact) mass is 311 g/mol.